The van der Waals surface area contributed by atoms with Gasteiger partial charge in [0.2, 0.25) is 5.91 Å². The van der Waals surface area contributed by atoms with Crippen molar-refractivity contribution in [3.8, 4) is 0 Å². The van der Waals surface area contributed by atoms with E-state index in [4.69, 9.17) is 10.8 Å². The molecule has 2 amide bonds. The topological polar surface area (TPSA) is 83.6 Å². The summed E-state index contributed by atoms with van der Waals surface area (Å²) >= 11 is 0. The van der Waals surface area contributed by atoms with E-state index < -0.39 is 6.10 Å². The molecule has 1 aliphatic heterocycles. The van der Waals surface area contributed by atoms with Crippen LogP contribution in [-0.2, 0) is 9.59 Å². The highest BCUT2D eigenvalue weighted by Gasteiger charge is 2.27. The van der Waals surface area contributed by atoms with Gasteiger partial charge in [-0.3, -0.25) is 9.59 Å². The molecule has 0 aromatic heterocycles. The van der Waals surface area contributed by atoms with Gasteiger partial charge in [-0.25, -0.2) is 0 Å². The molecule has 0 radical (unpaired) electrons. The van der Waals surface area contributed by atoms with Crippen molar-refractivity contribution in [1.82, 2.24) is 4.90 Å². The fourth-order valence-corrected chi connectivity index (χ4v) is 1.65. The zero-order valence-corrected chi connectivity index (χ0v) is 8.27. The van der Waals surface area contributed by atoms with Gasteiger partial charge in [-0.05, 0) is 19.8 Å². The number of nitrogens with zero attached hydrogens (tertiary/aromatic N) is 1. The highest BCUT2D eigenvalue weighted by atomic mass is 16.3. The smallest absolute Gasteiger partial charge is 0.251 e. The minimum atomic E-state index is -0.958. The van der Waals surface area contributed by atoms with Gasteiger partial charge in [0.15, 0.2) is 0 Å². The summed E-state index contributed by atoms with van der Waals surface area (Å²) in [4.78, 5) is 23.7. The van der Waals surface area contributed by atoms with E-state index in [1.165, 1.54) is 6.92 Å². The van der Waals surface area contributed by atoms with Gasteiger partial charge in [0.1, 0.15) is 6.10 Å². The molecule has 80 valence electrons. The summed E-state index contributed by atoms with van der Waals surface area (Å²) < 4.78 is 0. The lowest BCUT2D eigenvalue weighted by Gasteiger charge is -2.31. The van der Waals surface area contributed by atoms with E-state index >= 15 is 0 Å². The SMILES string of the molecule is C[C@H](O)C(=O)N1CCC(C(N)=O)CC1. The molecule has 0 saturated carbocycles. The van der Waals surface area contributed by atoms with Gasteiger partial charge < -0.3 is 15.7 Å². The fourth-order valence-electron chi connectivity index (χ4n) is 1.65. The Balaban J connectivity index is 2.43. The molecular formula is C9H16N2O3. The van der Waals surface area contributed by atoms with Crippen LogP contribution in [-0.4, -0.2) is 41.0 Å². The van der Waals surface area contributed by atoms with Gasteiger partial charge in [-0.15, -0.1) is 0 Å². The molecular weight excluding hydrogens is 184 g/mol. The maximum atomic E-state index is 11.3. The quantitative estimate of drug-likeness (QED) is 0.605. The molecule has 0 aliphatic carbocycles. The first-order chi connectivity index (χ1) is 6.52. The molecule has 1 saturated heterocycles. The Morgan fingerprint density at radius 1 is 1.43 bits per heavy atom. The number of primary amides is 1. The van der Waals surface area contributed by atoms with Gasteiger partial charge in [-0.1, -0.05) is 0 Å². The Labute approximate surface area is 82.9 Å². The van der Waals surface area contributed by atoms with Crippen molar-refractivity contribution in [1.29, 1.82) is 0 Å². The van der Waals surface area contributed by atoms with Crippen LogP contribution in [0.15, 0.2) is 0 Å². The summed E-state index contributed by atoms with van der Waals surface area (Å²) in [5.74, 6) is -0.685. The number of hydrogen-bond donors (Lipinski definition) is 2. The molecule has 1 heterocycles. The van der Waals surface area contributed by atoms with E-state index in [-0.39, 0.29) is 17.7 Å². The van der Waals surface area contributed by atoms with E-state index in [9.17, 15) is 9.59 Å². The number of amides is 2. The van der Waals surface area contributed by atoms with Crippen molar-refractivity contribution in [2.24, 2.45) is 11.7 Å². The number of aliphatic hydroxyl groups is 1. The van der Waals surface area contributed by atoms with Gasteiger partial charge in [0.25, 0.3) is 5.91 Å². The first kappa shape index (κ1) is 11.0. The fraction of sp³-hybridized carbons (Fsp3) is 0.778. The molecule has 0 bridgehead atoms. The number of aliphatic hydroxyl groups excluding tert-OH is 1. The Hall–Kier alpha value is -1.10. The second-order valence-electron chi connectivity index (χ2n) is 3.68. The molecule has 1 atom stereocenters. The minimum Gasteiger partial charge on any atom is -0.384 e. The van der Waals surface area contributed by atoms with Crippen molar-refractivity contribution in [3.63, 3.8) is 0 Å². The van der Waals surface area contributed by atoms with Gasteiger partial charge in [0.05, 0.1) is 0 Å². The Kier molecular flexibility index (Phi) is 3.46. The molecule has 1 rings (SSSR count). The lowest BCUT2D eigenvalue weighted by molar-refractivity contribution is -0.141. The van der Waals surface area contributed by atoms with E-state index in [0.29, 0.717) is 25.9 Å². The lowest BCUT2D eigenvalue weighted by atomic mass is 9.96. The maximum Gasteiger partial charge on any atom is 0.251 e. The normalized spacial score (nSPS) is 20.6. The number of nitrogens with two attached hydrogens (primary N) is 1. The van der Waals surface area contributed by atoms with Crippen molar-refractivity contribution >= 4 is 11.8 Å². The van der Waals surface area contributed by atoms with Crippen molar-refractivity contribution in [2.45, 2.75) is 25.9 Å². The second kappa shape index (κ2) is 4.41. The third-order valence-corrected chi connectivity index (χ3v) is 2.57. The third kappa shape index (κ3) is 2.45. The van der Waals surface area contributed by atoms with E-state index in [2.05, 4.69) is 0 Å². The van der Waals surface area contributed by atoms with Gasteiger partial charge >= 0.3 is 0 Å². The van der Waals surface area contributed by atoms with Crippen molar-refractivity contribution < 1.29 is 14.7 Å². The van der Waals surface area contributed by atoms with Crippen LogP contribution >= 0.6 is 0 Å². The molecule has 0 aromatic carbocycles. The number of carbonyl (C=O) groups excluding carboxylic acids is 2. The molecule has 1 fully saturated rings. The third-order valence-electron chi connectivity index (χ3n) is 2.57. The molecule has 5 heteroatoms. The second-order valence-corrected chi connectivity index (χ2v) is 3.68. The molecule has 0 aromatic rings. The molecule has 14 heavy (non-hydrogen) atoms. The van der Waals surface area contributed by atoms with Crippen LogP contribution in [0, 0.1) is 5.92 Å². The Morgan fingerprint density at radius 2 is 1.93 bits per heavy atom. The molecule has 1 aliphatic rings. The predicted molar refractivity (Wildman–Crippen MR) is 50.2 cm³/mol. The number of likely N-dealkylation sites (tertiary alicyclic amines) is 1. The summed E-state index contributed by atoms with van der Waals surface area (Å²) in [5, 5.41) is 9.07. The molecule has 3 N–H and O–H groups in total. The largest absolute Gasteiger partial charge is 0.384 e. The highest BCUT2D eigenvalue weighted by Crippen LogP contribution is 2.17. The summed E-state index contributed by atoms with van der Waals surface area (Å²) in [5.41, 5.74) is 5.16. The maximum absolute atomic E-state index is 11.3. The minimum absolute atomic E-state index is 0.118. The van der Waals surface area contributed by atoms with Crippen LogP contribution in [0.4, 0.5) is 0 Å². The van der Waals surface area contributed by atoms with E-state index in [1.807, 2.05) is 0 Å². The van der Waals surface area contributed by atoms with Crippen LogP contribution in [0.25, 0.3) is 0 Å². The first-order valence-corrected chi connectivity index (χ1v) is 4.78. The average molecular weight is 200 g/mol. The Morgan fingerprint density at radius 3 is 2.29 bits per heavy atom. The van der Waals surface area contributed by atoms with Crippen molar-refractivity contribution in [2.75, 3.05) is 13.1 Å². The summed E-state index contributed by atoms with van der Waals surface area (Å²) in [6.07, 6.45) is 0.252. The lowest BCUT2D eigenvalue weighted by Crippen LogP contribution is -2.45. The summed E-state index contributed by atoms with van der Waals surface area (Å²) in [6, 6.07) is 0. The number of carbonyl (C=O) groups is 2. The molecule has 0 unspecified atom stereocenters. The van der Waals surface area contributed by atoms with Gasteiger partial charge in [-0.2, -0.15) is 0 Å². The summed E-state index contributed by atoms with van der Waals surface area (Å²) in [7, 11) is 0. The average Bonchev–Trinajstić information content (AvgIpc) is 2.16. The van der Waals surface area contributed by atoms with Gasteiger partial charge in [0, 0.05) is 19.0 Å². The van der Waals surface area contributed by atoms with Crippen molar-refractivity contribution in [3.05, 3.63) is 0 Å². The number of hydrogen-bond acceptors (Lipinski definition) is 3. The van der Waals surface area contributed by atoms with Crippen LogP contribution in [0.5, 0.6) is 0 Å². The zero-order chi connectivity index (χ0) is 10.7. The summed E-state index contributed by atoms with van der Waals surface area (Å²) in [6.45, 7) is 2.47. The van der Waals surface area contributed by atoms with Crippen LogP contribution in [0.2, 0.25) is 0 Å². The van der Waals surface area contributed by atoms with Crippen LogP contribution in [0.1, 0.15) is 19.8 Å². The van der Waals surface area contributed by atoms with Crippen LogP contribution in [0.3, 0.4) is 0 Å². The van der Waals surface area contributed by atoms with E-state index in [1.54, 1.807) is 4.90 Å². The number of rotatable bonds is 2. The molecule has 0 spiro atoms. The standard InChI is InChI=1S/C9H16N2O3/c1-6(12)9(14)11-4-2-7(3-5-11)8(10)13/h6-7,12H,2-5H2,1H3,(H2,10,13)/t6-/m0/s1. The van der Waals surface area contributed by atoms with Crippen LogP contribution < -0.4 is 5.73 Å². The number of piperidine rings is 1. The zero-order valence-electron chi connectivity index (χ0n) is 8.27. The van der Waals surface area contributed by atoms with E-state index in [0.717, 1.165) is 0 Å². The predicted octanol–water partition coefficient (Wildman–Crippen LogP) is -0.909. The molecule has 5 nitrogen and oxygen atoms in total. The first-order valence-electron chi connectivity index (χ1n) is 4.78. The Bertz CT molecular complexity index is 232. The highest BCUT2D eigenvalue weighted by molar-refractivity contribution is 5.81. The monoisotopic (exact) mass is 200 g/mol.